The first-order chi connectivity index (χ1) is 9.76. The summed E-state index contributed by atoms with van der Waals surface area (Å²) in [6.07, 6.45) is 3.88. The molecule has 0 radical (unpaired) electrons. The smallest absolute Gasteiger partial charge is 0.124 e. The number of hydrogen-bond donors (Lipinski definition) is 1. The van der Waals surface area contributed by atoms with Gasteiger partial charge < -0.3 is 9.84 Å². The van der Waals surface area contributed by atoms with Crippen LogP contribution in [0.4, 0.5) is 4.39 Å². The van der Waals surface area contributed by atoms with Crippen molar-refractivity contribution in [3.63, 3.8) is 0 Å². The van der Waals surface area contributed by atoms with Crippen LogP contribution >= 0.6 is 0 Å². The van der Waals surface area contributed by atoms with E-state index in [2.05, 4.69) is 11.8 Å². The molecular formula is C16H24FNO2. The van der Waals surface area contributed by atoms with Crippen molar-refractivity contribution in [3.05, 3.63) is 29.6 Å². The second-order valence-corrected chi connectivity index (χ2v) is 5.30. The van der Waals surface area contributed by atoms with E-state index in [4.69, 9.17) is 4.74 Å². The van der Waals surface area contributed by atoms with E-state index in [9.17, 15) is 9.50 Å². The van der Waals surface area contributed by atoms with E-state index in [0.717, 1.165) is 30.8 Å². The Labute approximate surface area is 120 Å². The van der Waals surface area contributed by atoms with Crippen molar-refractivity contribution in [2.24, 2.45) is 0 Å². The number of nitrogens with zero attached hydrogens (tertiary/aromatic N) is 1. The molecule has 1 saturated heterocycles. The number of ether oxygens (including phenoxy) is 1. The highest BCUT2D eigenvalue weighted by molar-refractivity contribution is 5.37. The fourth-order valence-corrected chi connectivity index (χ4v) is 2.83. The average Bonchev–Trinajstić information content (AvgIpc) is 2.97. The predicted octanol–water partition coefficient (Wildman–Crippen LogP) is 3.13. The van der Waals surface area contributed by atoms with Gasteiger partial charge in [-0.05, 0) is 57.0 Å². The molecule has 0 saturated carbocycles. The Balaban J connectivity index is 2.26. The third kappa shape index (κ3) is 3.70. The molecule has 0 spiro atoms. The molecule has 0 aliphatic carbocycles. The molecule has 1 atom stereocenters. The summed E-state index contributed by atoms with van der Waals surface area (Å²) in [5.74, 6) is 0.504. The van der Waals surface area contributed by atoms with Gasteiger partial charge in [-0.2, -0.15) is 0 Å². The summed E-state index contributed by atoms with van der Waals surface area (Å²) >= 11 is 0. The highest BCUT2D eigenvalue weighted by atomic mass is 19.1. The van der Waals surface area contributed by atoms with Gasteiger partial charge in [0.05, 0.1) is 6.61 Å². The van der Waals surface area contributed by atoms with E-state index < -0.39 is 0 Å². The molecule has 1 unspecified atom stereocenters. The van der Waals surface area contributed by atoms with Crippen LogP contribution in [-0.4, -0.2) is 36.3 Å². The van der Waals surface area contributed by atoms with Gasteiger partial charge >= 0.3 is 0 Å². The van der Waals surface area contributed by atoms with Crippen molar-refractivity contribution in [2.45, 2.75) is 38.6 Å². The Bertz CT molecular complexity index is 419. The lowest BCUT2D eigenvalue weighted by Gasteiger charge is -2.29. The van der Waals surface area contributed by atoms with Crippen molar-refractivity contribution in [2.75, 3.05) is 26.3 Å². The van der Waals surface area contributed by atoms with Crippen molar-refractivity contribution in [3.8, 4) is 5.75 Å². The highest BCUT2D eigenvalue weighted by Gasteiger charge is 2.26. The van der Waals surface area contributed by atoms with Gasteiger partial charge in [0.1, 0.15) is 11.6 Å². The molecule has 1 aliphatic heterocycles. The Morgan fingerprint density at radius 2 is 2.10 bits per heavy atom. The lowest BCUT2D eigenvalue weighted by Crippen LogP contribution is -2.27. The molecule has 0 aromatic heterocycles. The van der Waals surface area contributed by atoms with Gasteiger partial charge in [0.2, 0.25) is 0 Å². The van der Waals surface area contributed by atoms with E-state index in [1.165, 1.54) is 18.9 Å². The Morgan fingerprint density at radius 1 is 1.35 bits per heavy atom. The van der Waals surface area contributed by atoms with Crippen LogP contribution in [0.25, 0.3) is 0 Å². The number of rotatable bonds is 7. The number of halogens is 1. The molecule has 4 heteroatoms. The van der Waals surface area contributed by atoms with Gasteiger partial charge in [-0.25, -0.2) is 4.39 Å². The van der Waals surface area contributed by atoms with Gasteiger partial charge in [0.15, 0.2) is 0 Å². The zero-order valence-corrected chi connectivity index (χ0v) is 12.1. The first kappa shape index (κ1) is 15.3. The third-order valence-electron chi connectivity index (χ3n) is 3.78. The SMILES string of the molecule is CCCOc1ccc(F)cc1C(CCO)N1CCCC1. The lowest BCUT2D eigenvalue weighted by atomic mass is 10.0. The Kier molecular flexibility index (Phi) is 5.80. The fourth-order valence-electron chi connectivity index (χ4n) is 2.83. The van der Waals surface area contributed by atoms with Crippen LogP contribution in [-0.2, 0) is 0 Å². The summed E-state index contributed by atoms with van der Waals surface area (Å²) in [6.45, 7) is 4.80. The maximum atomic E-state index is 13.6. The van der Waals surface area contributed by atoms with Crippen LogP contribution in [0.1, 0.15) is 44.2 Å². The summed E-state index contributed by atoms with van der Waals surface area (Å²) in [7, 11) is 0. The van der Waals surface area contributed by atoms with Crippen molar-refractivity contribution >= 4 is 0 Å². The van der Waals surface area contributed by atoms with Crippen LogP contribution in [0, 0.1) is 5.82 Å². The summed E-state index contributed by atoms with van der Waals surface area (Å²) in [5.41, 5.74) is 0.870. The van der Waals surface area contributed by atoms with E-state index >= 15 is 0 Å². The van der Waals surface area contributed by atoms with Gasteiger partial charge in [0, 0.05) is 18.2 Å². The minimum Gasteiger partial charge on any atom is -0.493 e. The molecule has 0 amide bonds. The molecule has 112 valence electrons. The van der Waals surface area contributed by atoms with Crippen molar-refractivity contribution < 1.29 is 14.2 Å². The quantitative estimate of drug-likeness (QED) is 0.833. The van der Waals surface area contributed by atoms with Crippen LogP contribution in [0.2, 0.25) is 0 Å². The first-order valence-electron chi connectivity index (χ1n) is 7.53. The van der Waals surface area contributed by atoms with Crippen LogP contribution in [0.3, 0.4) is 0 Å². The molecule has 0 bridgehead atoms. The van der Waals surface area contributed by atoms with E-state index in [1.807, 2.05) is 0 Å². The van der Waals surface area contributed by atoms with Gasteiger partial charge in [-0.3, -0.25) is 4.90 Å². The second kappa shape index (κ2) is 7.60. The fraction of sp³-hybridized carbons (Fsp3) is 0.625. The van der Waals surface area contributed by atoms with Crippen LogP contribution < -0.4 is 4.74 Å². The largest absolute Gasteiger partial charge is 0.493 e. The number of likely N-dealkylation sites (tertiary alicyclic amines) is 1. The zero-order chi connectivity index (χ0) is 14.4. The average molecular weight is 281 g/mol. The molecule has 1 aromatic rings. The monoisotopic (exact) mass is 281 g/mol. The van der Waals surface area contributed by atoms with Crippen molar-refractivity contribution in [1.29, 1.82) is 0 Å². The summed E-state index contributed by atoms with van der Waals surface area (Å²) in [6, 6.07) is 4.75. The third-order valence-corrected chi connectivity index (χ3v) is 3.78. The standard InChI is InChI=1S/C16H24FNO2/c1-2-11-20-16-6-5-13(17)12-14(16)15(7-10-19)18-8-3-4-9-18/h5-6,12,15,19H,2-4,7-11H2,1H3. The Morgan fingerprint density at radius 3 is 2.75 bits per heavy atom. The molecule has 20 heavy (non-hydrogen) atoms. The molecule has 1 heterocycles. The molecule has 1 fully saturated rings. The topological polar surface area (TPSA) is 32.7 Å². The van der Waals surface area contributed by atoms with Crippen LogP contribution in [0.5, 0.6) is 5.75 Å². The summed E-state index contributed by atoms with van der Waals surface area (Å²) in [5, 5.41) is 9.33. The lowest BCUT2D eigenvalue weighted by molar-refractivity contribution is 0.180. The number of aliphatic hydroxyl groups is 1. The molecule has 1 aromatic carbocycles. The second-order valence-electron chi connectivity index (χ2n) is 5.30. The van der Waals surface area contributed by atoms with E-state index in [0.29, 0.717) is 13.0 Å². The predicted molar refractivity (Wildman–Crippen MR) is 77.4 cm³/mol. The van der Waals surface area contributed by atoms with E-state index in [1.54, 1.807) is 12.1 Å². The van der Waals surface area contributed by atoms with Gasteiger partial charge in [-0.15, -0.1) is 0 Å². The first-order valence-corrected chi connectivity index (χ1v) is 7.53. The highest BCUT2D eigenvalue weighted by Crippen LogP contribution is 2.34. The summed E-state index contributed by atoms with van der Waals surface area (Å²) < 4.78 is 19.4. The molecule has 1 N–H and O–H groups in total. The van der Waals surface area contributed by atoms with Gasteiger partial charge in [0.25, 0.3) is 0 Å². The molecular weight excluding hydrogens is 257 g/mol. The molecule has 2 rings (SSSR count). The van der Waals surface area contributed by atoms with E-state index in [-0.39, 0.29) is 18.5 Å². The number of benzene rings is 1. The summed E-state index contributed by atoms with van der Waals surface area (Å²) in [4.78, 5) is 2.32. The maximum Gasteiger partial charge on any atom is 0.124 e. The van der Waals surface area contributed by atoms with Gasteiger partial charge in [-0.1, -0.05) is 6.92 Å². The maximum absolute atomic E-state index is 13.6. The normalized spacial score (nSPS) is 17.4. The van der Waals surface area contributed by atoms with Crippen LogP contribution in [0.15, 0.2) is 18.2 Å². The minimum absolute atomic E-state index is 0.0463. The Hall–Kier alpha value is -1.13. The molecule has 3 nitrogen and oxygen atoms in total. The number of aliphatic hydroxyl groups excluding tert-OH is 1. The zero-order valence-electron chi connectivity index (χ0n) is 12.1. The van der Waals surface area contributed by atoms with Crippen molar-refractivity contribution in [1.82, 2.24) is 4.90 Å². The molecule has 1 aliphatic rings. The number of hydrogen-bond acceptors (Lipinski definition) is 3. The minimum atomic E-state index is -0.244.